The number of ether oxygens (including phenoxy) is 1. The lowest BCUT2D eigenvalue weighted by atomic mass is 10.1. The van der Waals surface area contributed by atoms with Gasteiger partial charge in [-0.25, -0.2) is 0 Å². The third-order valence-corrected chi connectivity index (χ3v) is 3.54. The first-order valence-electron chi connectivity index (χ1n) is 6.34. The third-order valence-electron chi connectivity index (χ3n) is 2.91. The molecule has 118 valence electrons. The third kappa shape index (κ3) is 3.82. The Labute approximate surface area is 134 Å². The zero-order valence-corrected chi connectivity index (χ0v) is 13.5. The van der Waals surface area contributed by atoms with Gasteiger partial charge in [0, 0.05) is 31.4 Å². The van der Waals surface area contributed by atoms with Crippen LogP contribution < -0.4 is 4.74 Å². The van der Waals surface area contributed by atoms with Crippen molar-refractivity contribution >= 4 is 21.8 Å². The van der Waals surface area contributed by atoms with Crippen LogP contribution >= 0.6 is 15.9 Å². The Hall–Kier alpha value is -1.96. The number of rotatable bonds is 5. The second kappa shape index (κ2) is 6.87. The van der Waals surface area contributed by atoms with Crippen molar-refractivity contribution in [2.45, 2.75) is 13.2 Å². The summed E-state index contributed by atoms with van der Waals surface area (Å²) in [5, 5.41) is 4.08. The number of para-hydroxylation sites is 1. The van der Waals surface area contributed by atoms with Crippen molar-refractivity contribution in [3.8, 4) is 16.9 Å². The number of alkyl halides is 2. The van der Waals surface area contributed by atoms with Crippen LogP contribution in [0.1, 0.15) is 0 Å². The maximum absolute atomic E-state index is 12.5. The van der Waals surface area contributed by atoms with Crippen LogP contribution in [0.3, 0.4) is 0 Å². The summed E-state index contributed by atoms with van der Waals surface area (Å²) in [6, 6.07) is 4.97. The highest BCUT2D eigenvalue weighted by atomic mass is 79.9. The van der Waals surface area contributed by atoms with Gasteiger partial charge in [-0.3, -0.25) is 9.48 Å². The first-order chi connectivity index (χ1) is 10.4. The number of hydrogen-bond acceptors (Lipinski definition) is 3. The summed E-state index contributed by atoms with van der Waals surface area (Å²) in [5.74, 6) is -0.0797. The molecule has 0 aliphatic carbocycles. The quantitative estimate of drug-likeness (QED) is 0.809. The van der Waals surface area contributed by atoms with E-state index in [0.717, 1.165) is 0 Å². The van der Waals surface area contributed by atoms with E-state index in [1.165, 1.54) is 15.8 Å². The van der Waals surface area contributed by atoms with Crippen molar-refractivity contribution in [2.75, 3.05) is 14.1 Å². The number of carbonyl (C=O) groups is 1. The molecule has 0 bridgehead atoms. The van der Waals surface area contributed by atoms with Gasteiger partial charge in [-0.15, -0.1) is 0 Å². The van der Waals surface area contributed by atoms with Crippen LogP contribution in [0.4, 0.5) is 8.78 Å². The van der Waals surface area contributed by atoms with E-state index in [-0.39, 0.29) is 18.2 Å². The normalized spacial score (nSPS) is 10.8. The second-order valence-electron chi connectivity index (χ2n) is 4.71. The molecule has 1 amide bonds. The standard InChI is InChI=1S/C14H14BrF2N3O2/c1-19(2)12(21)8-20-7-9(6-18-20)10-4-3-5-11(15)13(10)22-14(16)17/h3-7,14H,8H2,1-2H3. The molecule has 8 heteroatoms. The highest BCUT2D eigenvalue weighted by molar-refractivity contribution is 9.10. The maximum atomic E-state index is 12.5. The Kier molecular flexibility index (Phi) is 5.12. The van der Waals surface area contributed by atoms with Gasteiger partial charge < -0.3 is 9.64 Å². The molecule has 0 aliphatic heterocycles. The van der Waals surface area contributed by atoms with Crippen molar-refractivity contribution < 1.29 is 18.3 Å². The minimum Gasteiger partial charge on any atom is -0.433 e. The van der Waals surface area contributed by atoms with E-state index in [4.69, 9.17) is 0 Å². The molecule has 2 aromatic rings. The molecule has 5 nitrogen and oxygen atoms in total. The smallest absolute Gasteiger partial charge is 0.387 e. The molecule has 0 saturated carbocycles. The minimum atomic E-state index is -2.93. The van der Waals surface area contributed by atoms with Gasteiger partial charge in [-0.05, 0) is 22.0 Å². The number of halogens is 3. The molecule has 1 aromatic heterocycles. The number of nitrogens with zero attached hydrogens (tertiary/aromatic N) is 3. The molecule has 2 rings (SSSR count). The largest absolute Gasteiger partial charge is 0.433 e. The lowest BCUT2D eigenvalue weighted by molar-refractivity contribution is -0.129. The van der Waals surface area contributed by atoms with Gasteiger partial charge in [-0.2, -0.15) is 13.9 Å². The van der Waals surface area contributed by atoms with Gasteiger partial charge in [0.2, 0.25) is 5.91 Å². The molecule has 1 aromatic carbocycles. The van der Waals surface area contributed by atoms with Crippen LogP contribution in [-0.2, 0) is 11.3 Å². The predicted molar refractivity (Wildman–Crippen MR) is 80.7 cm³/mol. The SMILES string of the molecule is CN(C)C(=O)Cn1cc(-c2cccc(Br)c2OC(F)F)cn1. The first-order valence-corrected chi connectivity index (χ1v) is 7.14. The fourth-order valence-corrected chi connectivity index (χ4v) is 2.27. The molecule has 1 heterocycles. The summed E-state index contributed by atoms with van der Waals surface area (Å²) in [7, 11) is 3.30. The molecule has 0 radical (unpaired) electrons. The van der Waals surface area contributed by atoms with E-state index < -0.39 is 6.61 Å². The van der Waals surface area contributed by atoms with E-state index in [1.807, 2.05) is 0 Å². The van der Waals surface area contributed by atoms with E-state index in [2.05, 4.69) is 25.8 Å². The van der Waals surface area contributed by atoms with Crippen molar-refractivity contribution in [3.05, 3.63) is 35.1 Å². The van der Waals surface area contributed by atoms with Gasteiger partial charge in [0.05, 0.1) is 10.7 Å². The van der Waals surface area contributed by atoms with Crippen molar-refractivity contribution in [3.63, 3.8) is 0 Å². The zero-order valence-electron chi connectivity index (χ0n) is 12.0. The van der Waals surface area contributed by atoms with Crippen LogP contribution in [0.5, 0.6) is 5.75 Å². The van der Waals surface area contributed by atoms with Gasteiger partial charge >= 0.3 is 6.61 Å². The molecule has 0 fully saturated rings. The predicted octanol–water partition coefficient (Wildman–Crippen LogP) is 3.00. The Morgan fingerprint density at radius 2 is 2.18 bits per heavy atom. The molecular weight excluding hydrogens is 360 g/mol. The number of benzene rings is 1. The Morgan fingerprint density at radius 3 is 2.82 bits per heavy atom. The second-order valence-corrected chi connectivity index (χ2v) is 5.56. The minimum absolute atomic E-state index is 0.0380. The fraction of sp³-hybridized carbons (Fsp3) is 0.286. The lowest BCUT2D eigenvalue weighted by Gasteiger charge is -2.11. The summed E-state index contributed by atoms with van der Waals surface area (Å²) < 4.78 is 31.5. The number of likely N-dealkylation sites (N-methyl/N-ethyl adjacent to an activating group) is 1. The maximum Gasteiger partial charge on any atom is 0.387 e. The van der Waals surface area contributed by atoms with Gasteiger partial charge in [0.1, 0.15) is 12.3 Å². The molecule has 0 aliphatic rings. The van der Waals surface area contributed by atoms with E-state index in [0.29, 0.717) is 15.6 Å². The number of carbonyl (C=O) groups excluding carboxylic acids is 1. The topological polar surface area (TPSA) is 47.4 Å². The molecule has 0 atom stereocenters. The summed E-state index contributed by atoms with van der Waals surface area (Å²) in [4.78, 5) is 13.1. The number of aromatic nitrogens is 2. The lowest BCUT2D eigenvalue weighted by Crippen LogP contribution is -2.26. The van der Waals surface area contributed by atoms with Crippen molar-refractivity contribution in [1.29, 1.82) is 0 Å². The van der Waals surface area contributed by atoms with Crippen LogP contribution in [0.25, 0.3) is 11.1 Å². The Morgan fingerprint density at radius 1 is 1.45 bits per heavy atom. The van der Waals surface area contributed by atoms with Crippen LogP contribution in [0, 0.1) is 0 Å². The van der Waals surface area contributed by atoms with Gasteiger partial charge in [-0.1, -0.05) is 12.1 Å². The van der Waals surface area contributed by atoms with Crippen molar-refractivity contribution in [1.82, 2.24) is 14.7 Å². The van der Waals surface area contributed by atoms with Crippen molar-refractivity contribution in [2.24, 2.45) is 0 Å². The molecule has 0 spiro atoms. The average molecular weight is 374 g/mol. The molecule has 22 heavy (non-hydrogen) atoms. The van der Waals surface area contributed by atoms with Crippen LogP contribution in [0.15, 0.2) is 35.1 Å². The Balaban J connectivity index is 2.31. The summed E-state index contributed by atoms with van der Waals surface area (Å²) in [6.45, 7) is -2.85. The fourth-order valence-electron chi connectivity index (χ4n) is 1.81. The molecular formula is C14H14BrF2N3O2. The van der Waals surface area contributed by atoms with Crippen LogP contribution in [-0.4, -0.2) is 41.3 Å². The number of amides is 1. The molecule has 0 N–H and O–H groups in total. The Bertz CT molecular complexity index is 674. The summed E-state index contributed by atoms with van der Waals surface area (Å²) in [6.07, 6.45) is 3.12. The van der Waals surface area contributed by atoms with Gasteiger partial charge in [0.15, 0.2) is 0 Å². The first kappa shape index (κ1) is 16.4. The van der Waals surface area contributed by atoms with E-state index in [9.17, 15) is 13.6 Å². The van der Waals surface area contributed by atoms with Gasteiger partial charge in [0.25, 0.3) is 0 Å². The molecule has 0 saturated heterocycles. The molecule has 0 unspecified atom stereocenters. The summed E-state index contributed by atoms with van der Waals surface area (Å²) in [5.41, 5.74) is 1.06. The van der Waals surface area contributed by atoms with Crippen LogP contribution in [0.2, 0.25) is 0 Å². The highest BCUT2D eigenvalue weighted by Crippen LogP contribution is 2.37. The zero-order chi connectivity index (χ0) is 16.3. The summed E-state index contributed by atoms with van der Waals surface area (Å²) >= 11 is 3.19. The average Bonchev–Trinajstić information content (AvgIpc) is 2.88. The monoisotopic (exact) mass is 373 g/mol. The highest BCUT2D eigenvalue weighted by Gasteiger charge is 2.16. The van der Waals surface area contributed by atoms with E-state index in [1.54, 1.807) is 38.5 Å². The number of hydrogen-bond donors (Lipinski definition) is 0. The van der Waals surface area contributed by atoms with E-state index >= 15 is 0 Å².